The average Bonchev–Trinajstić information content (AvgIpc) is 2.74. The minimum absolute atomic E-state index is 0.265. The molecule has 0 aromatic heterocycles. The number of methoxy groups -OCH3 is 2. The van der Waals surface area contributed by atoms with E-state index in [9.17, 15) is 4.79 Å². The Bertz CT molecular complexity index is 796. The van der Waals surface area contributed by atoms with Crippen LogP contribution < -0.4 is 15.0 Å². The fraction of sp³-hybridized carbons (Fsp3) is 0.350. The zero-order chi connectivity index (χ0) is 19.9. The number of carbonyl (C=O) groups is 1. The number of amides is 1. The maximum atomic E-state index is 12.2. The molecule has 3 rings (SSSR count). The molecule has 2 N–H and O–H groups in total. The van der Waals surface area contributed by atoms with Crippen molar-refractivity contribution in [3.05, 3.63) is 53.6 Å². The molecule has 28 heavy (non-hydrogen) atoms. The monoisotopic (exact) mass is 403 g/mol. The standard InChI is InChI=1S/C20H25N3O4S/c1-26-16-8-9-17(18(19(16)27-2)20(24)21-25)28-23-12-10-22(11-13-23)14-15-6-4-3-5-7-15/h3-9,25H,10-14H2,1-2H3,(H,21,24). The first-order valence-corrected chi connectivity index (χ1v) is 9.82. The highest BCUT2D eigenvalue weighted by atomic mass is 32.2. The van der Waals surface area contributed by atoms with E-state index in [1.54, 1.807) is 11.5 Å². The number of ether oxygens (including phenoxy) is 2. The molecule has 0 radical (unpaired) electrons. The number of carbonyl (C=O) groups excluding carboxylic acids is 1. The van der Waals surface area contributed by atoms with Crippen molar-refractivity contribution in [1.29, 1.82) is 0 Å². The fourth-order valence-corrected chi connectivity index (χ4v) is 4.25. The molecule has 1 heterocycles. The summed E-state index contributed by atoms with van der Waals surface area (Å²) in [5.74, 6) is 0.126. The van der Waals surface area contributed by atoms with Crippen LogP contribution in [-0.4, -0.2) is 60.7 Å². The molecule has 2 aromatic carbocycles. The minimum atomic E-state index is -0.624. The molecule has 0 aliphatic carbocycles. The van der Waals surface area contributed by atoms with Crippen molar-refractivity contribution in [3.8, 4) is 11.5 Å². The summed E-state index contributed by atoms with van der Waals surface area (Å²) in [7, 11) is 2.99. The van der Waals surface area contributed by atoms with Gasteiger partial charge in [-0.15, -0.1) is 0 Å². The van der Waals surface area contributed by atoms with Crippen LogP contribution in [0, 0.1) is 0 Å². The highest BCUT2D eigenvalue weighted by molar-refractivity contribution is 7.97. The van der Waals surface area contributed by atoms with E-state index in [0.29, 0.717) is 16.4 Å². The summed E-state index contributed by atoms with van der Waals surface area (Å²) in [6.07, 6.45) is 0. The third kappa shape index (κ3) is 4.77. The second-order valence-electron chi connectivity index (χ2n) is 6.40. The van der Waals surface area contributed by atoms with Gasteiger partial charge < -0.3 is 9.47 Å². The Labute approximate surface area is 169 Å². The highest BCUT2D eigenvalue weighted by Crippen LogP contribution is 2.39. The van der Waals surface area contributed by atoms with Crippen molar-refractivity contribution in [1.82, 2.24) is 14.7 Å². The van der Waals surface area contributed by atoms with Crippen LogP contribution in [0.15, 0.2) is 47.4 Å². The molecule has 2 aromatic rings. The lowest BCUT2D eigenvalue weighted by atomic mass is 10.1. The molecule has 0 atom stereocenters. The Morgan fingerprint density at radius 2 is 1.79 bits per heavy atom. The molecular weight excluding hydrogens is 378 g/mol. The SMILES string of the molecule is COc1ccc(SN2CCN(Cc3ccccc3)CC2)c(C(=O)NO)c1OC. The van der Waals surface area contributed by atoms with E-state index in [0.717, 1.165) is 32.7 Å². The van der Waals surface area contributed by atoms with Crippen molar-refractivity contribution in [2.24, 2.45) is 0 Å². The van der Waals surface area contributed by atoms with Gasteiger partial charge in [0.2, 0.25) is 0 Å². The molecule has 1 amide bonds. The molecule has 1 fully saturated rings. The van der Waals surface area contributed by atoms with E-state index < -0.39 is 5.91 Å². The topological polar surface area (TPSA) is 74.3 Å². The van der Waals surface area contributed by atoms with E-state index in [-0.39, 0.29) is 5.56 Å². The molecule has 1 saturated heterocycles. The van der Waals surface area contributed by atoms with Crippen LogP contribution in [0.3, 0.4) is 0 Å². The Morgan fingerprint density at radius 1 is 1.07 bits per heavy atom. The predicted octanol–water partition coefficient (Wildman–Crippen LogP) is 2.65. The zero-order valence-electron chi connectivity index (χ0n) is 16.1. The quantitative estimate of drug-likeness (QED) is 0.418. The second kappa shape index (κ2) is 9.79. The second-order valence-corrected chi connectivity index (χ2v) is 7.54. The average molecular weight is 404 g/mol. The molecule has 0 saturated carbocycles. The summed E-state index contributed by atoms with van der Waals surface area (Å²) < 4.78 is 12.9. The number of rotatable bonds is 7. The van der Waals surface area contributed by atoms with Crippen molar-refractivity contribution in [2.75, 3.05) is 40.4 Å². The first kappa shape index (κ1) is 20.5. The summed E-state index contributed by atoms with van der Waals surface area (Å²) in [5.41, 5.74) is 3.28. The van der Waals surface area contributed by atoms with Gasteiger partial charge >= 0.3 is 0 Å². The Balaban J connectivity index is 1.68. The number of piperazine rings is 1. The Kier molecular flexibility index (Phi) is 7.16. The number of nitrogens with zero attached hydrogens (tertiary/aromatic N) is 2. The third-order valence-electron chi connectivity index (χ3n) is 4.64. The van der Waals surface area contributed by atoms with Crippen LogP contribution in [0.1, 0.15) is 15.9 Å². The van der Waals surface area contributed by atoms with Crippen molar-refractivity contribution >= 4 is 17.9 Å². The lowest BCUT2D eigenvalue weighted by Crippen LogP contribution is -2.42. The van der Waals surface area contributed by atoms with Gasteiger partial charge in [0.05, 0.1) is 14.2 Å². The number of nitrogens with one attached hydrogen (secondary N) is 1. The summed E-state index contributed by atoms with van der Waals surface area (Å²) in [4.78, 5) is 15.4. The third-order valence-corrected chi connectivity index (χ3v) is 5.80. The first-order valence-electron chi connectivity index (χ1n) is 9.05. The predicted molar refractivity (Wildman–Crippen MR) is 108 cm³/mol. The van der Waals surface area contributed by atoms with Crippen LogP contribution in [0.5, 0.6) is 11.5 Å². The van der Waals surface area contributed by atoms with Gasteiger partial charge in [-0.3, -0.25) is 14.9 Å². The van der Waals surface area contributed by atoms with E-state index in [1.807, 2.05) is 12.1 Å². The van der Waals surface area contributed by atoms with Gasteiger partial charge in [0.15, 0.2) is 11.5 Å². The maximum Gasteiger partial charge on any atom is 0.279 e. The first-order chi connectivity index (χ1) is 13.7. The van der Waals surface area contributed by atoms with Gasteiger partial charge in [0, 0.05) is 37.6 Å². The summed E-state index contributed by atoms with van der Waals surface area (Å²) in [6.45, 7) is 4.55. The zero-order valence-corrected chi connectivity index (χ0v) is 16.9. The van der Waals surface area contributed by atoms with Crippen LogP contribution in [-0.2, 0) is 6.54 Å². The molecule has 150 valence electrons. The minimum Gasteiger partial charge on any atom is -0.493 e. The fourth-order valence-electron chi connectivity index (χ4n) is 3.22. The molecule has 7 nitrogen and oxygen atoms in total. The molecule has 1 aliphatic rings. The van der Waals surface area contributed by atoms with Gasteiger partial charge in [-0.05, 0) is 29.6 Å². The van der Waals surface area contributed by atoms with Crippen LogP contribution in [0.25, 0.3) is 0 Å². The van der Waals surface area contributed by atoms with E-state index in [4.69, 9.17) is 14.7 Å². The molecule has 1 aliphatic heterocycles. The van der Waals surface area contributed by atoms with Gasteiger partial charge in [-0.1, -0.05) is 30.3 Å². The smallest absolute Gasteiger partial charge is 0.279 e. The lowest BCUT2D eigenvalue weighted by Gasteiger charge is -2.34. The van der Waals surface area contributed by atoms with Gasteiger partial charge in [-0.25, -0.2) is 9.79 Å². The normalized spacial score (nSPS) is 15.2. The number of hydroxylamine groups is 1. The van der Waals surface area contributed by atoms with Crippen molar-refractivity contribution in [3.63, 3.8) is 0 Å². The van der Waals surface area contributed by atoms with Crippen molar-refractivity contribution in [2.45, 2.75) is 11.4 Å². The van der Waals surface area contributed by atoms with Crippen LogP contribution >= 0.6 is 11.9 Å². The number of hydrogen-bond acceptors (Lipinski definition) is 7. The Hall–Kier alpha value is -2.26. The number of hydrogen-bond donors (Lipinski definition) is 2. The van der Waals surface area contributed by atoms with Crippen molar-refractivity contribution < 1.29 is 19.5 Å². The number of benzene rings is 2. The van der Waals surface area contributed by atoms with Gasteiger partial charge in [-0.2, -0.15) is 0 Å². The molecule has 0 bridgehead atoms. The van der Waals surface area contributed by atoms with Gasteiger partial charge in [0.1, 0.15) is 5.56 Å². The summed E-state index contributed by atoms with van der Waals surface area (Å²) in [6, 6.07) is 14.0. The largest absolute Gasteiger partial charge is 0.493 e. The molecular formula is C20H25N3O4S. The summed E-state index contributed by atoms with van der Waals surface area (Å²) in [5, 5.41) is 9.15. The van der Waals surface area contributed by atoms with Gasteiger partial charge in [0.25, 0.3) is 5.91 Å². The van der Waals surface area contributed by atoms with E-state index in [1.165, 1.54) is 31.7 Å². The Morgan fingerprint density at radius 3 is 2.39 bits per heavy atom. The molecule has 0 unspecified atom stereocenters. The summed E-state index contributed by atoms with van der Waals surface area (Å²) >= 11 is 1.49. The lowest BCUT2D eigenvalue weighted by molar-refractivity contribution is 0.0698. The van der Waals surface area contributed by atoms with Crippen LogP contribution in [0.2, 0.25) is 0 Å². The maximum absolute atomic E-state index is 12.2. The van der Waals surface area contributed by atoms with E-state index >= 15 is 0 Å². The van der Waals surface area contributed by atoms with E-state index in [2.05, 4.69) is 33.5 Å². The van der Waals surface area contributed by atoms with Crippen LogP contribution in [0.4, 0.5) is 0 Å². The molecule has 0 spiro atoms. The molecule has 8 heteroatoms. The highest BCUT2D eigenvalue weighted by Gasteiger charge is 2.25.